The number of nitrogens with zero attached hydrogens (tertiary/aromatic N) is 1. The summed E-state index contributed by atoms with van der Waals surface area (Å²) in [4.78, 5) is 38.9. The van der Waals surface area contributed by atoms with Gasteiger partial charge in [-0.2, -0.15) is 0 Å². The lowest BCUT2D eigenvalue weighted by molar-refractivity contribution is -0.122. The summed E-state index contributed by atoms with van der Waals surface area (Å²) in [6, 6.07) is 7.12. The van der Waals surface area contributed by atoms with Crippen molar-refractivity contribution in [2.45, 2.75) is 13.8 Å². The Morgan fingerprint density at radius 2 is 1.91 bits per heavy atom. The molecule has 0 atom stereocenters. The summed E-state index contributed by atoms with van der Waals surface area (Å²) in [6.07, 6.45) is 6.62. The molecule has 0 saturated carbocycles. The second kappa shape index (κ2) is 9.90. The lowest BCUT2D eigenvalue weighted by Crippen LogP contribution is -2.54. The van der Waals surface area contributed by atoms with E-state index in [0.29, 0.717) is 33.2 Å². The van der Waals surface area contributed by atoms with Crippen LogP contribution in [-0.4, -0.2) is 31.1 Å². The van der Waals surface area contributed by atoms with E-state index in [9.17, 15) is 14.4 Å². The van der Waals surface area contributed by atoms with Gasteiger partial charge in [0, 0.05) is 9.50 Å². The van der Waals surface area contributed by atoms with Crippen molar-refractivity contribution in [3.8, 4) is 23.8 Å². The van der Waals surface area contributed by atoms with Crippen LogP contribution in [0.3, 0.4) is 0 Å². The summed E-state index contributed by atoms with van der Waals surface area (Å²) in [6.45, 7) is 4.01. The van der Waals surface area contributed by atoms with Gasteiger partial charge in [0.1, 0.15) is 12.2 Å². The number of imide groups is 2. The standard InChI is InChI=1S/C23H18BrClN2O5/c1-4-8-32-20-12-17(24)14(10-19(20)31-5-2)9-16-21(28)26-23(30)27(22(16)29)15-7-6-13(3)18(25)11-15/h1,6-7,9-12H,5,8H2,2-3H3,(H,26,28,30)/b16-9-. The number of aryl methyl sites for hydroxylation is 1. The number of anilines is 1. The van der Waals surface area contributed by atoms with E-state index in [4.69, 9.17) is 27.5 Å². The number of terminal acetylenes is 1. The second-order valence-electron chi connectivity index (χ2n) is 6.64. The highest BCUT2D eigenvalue weighted by atomic mass is 79.9. The molecule has 2 aromatic carbocycles. The third-order valence-electron chi connectivity index (χ3n) is 4.49. The third-order valence-corrected chi connectivity index (χ3v) is 5.58. The minimum absolute atomic E-state index is 0.0457. The molecular weight excluding hydrogens is 500 g/mol. The van der Waals surface area contributed by atoms with Gasteiger partial charge in [0.25, 0.3) is 11.8 Å². The molecule has 0 aliphatic carbocycles. The molecule has 7 nitrogen and oxygen atoms in total. The molecule has 4 amide bonds. The molecule has 0 radical (unpaired) electrons. The maximum Gasteiger partial charge on any atom is 0.335 e. The first-order chi connectivity index (χ1) is 15.3. The Morgan fingerprint density at radius 3 is 2.56 bits per heavy atom. The molecule has 1 heterocycles. The number of urea groups is 1. The Bertz CT molecular complexity index is 1190. The smallest absolute Gasteiger partial charge is 0.335 e. The van der Waals surface area contributed by atoms with Gasteiger partial charge in [-0.05, 0) is 55.3 Å². The minimum atomic E-state index is -0.857. The highest BCUT2D eigenvalue weighted by Gasteiger charge is 2.37. The Hall–Kier alpha value is -3.28. The zero-order valence-corrected chi connectivity index (χ0v) is 19.5. The molecule has 3 rings (SSSR count). The van der Waals surface area contributed by atoms with Gasteiger partial charge in [-0.15, -0.1) is 6.42 Å². The second-order valence-corrected chi connectivity index (χ2v) is 7.90. The predicted octanol–water partition coefficient (Wildman–Crippen LogP) is 4.49. The van der Waals surface area contributed by atoms with E-state index < -0.39 is 17.8 Å². The van der Waals surface area contributed by atoms with Crippen LogP contribution in [0, 0.1) is 19.3 Å². The van der Waals surface area contributed by atoms with E-state index in [0.717, 1.165) is 10.5 Å². The lowest BCUT2D eigenvalue weighted by Gasteiger charge is -2.26. The van der Waals surface area contributed by atoms with E-state index in [1.54, 1.807) is 38.1 Å². The average molecular weight is 518 g/mol. The predicted molar refractivity (Wildman–Crippen MR) is 125 cm³/mol. The number of amides is 4. The Morgan fingerprint density at radius 1 is 1.19 bits per heavy atom. The number of nitrogens with one attached hydrogen (secondary N) is 1. The van der Waals surface area contributed by atoms with Crippen molar-refractivity contribution in [1.82, 2.24) is 5.32 Å². The van der Waals surface area contributed by atoms with E-state index in [1.807, 2.05) is 0 Å². The van der Waals surface area contributed by atoms with Crippen molar-refractivity contribution in [2.75, 3.05) is 18.1 Å². The van der Waals surface area contributed by atoms with E-state index >= 15 is 0 Å². The molecular formula is C23H18BrClN2O5. The maximum atomic E-state index is 13.1. The first kappa shape index (κ1) is 23.4. The summed E-state index contributed by atoms with van der Waals surface area (Å²) in [7, 11) is 0. The molecule has 1 fully saturated rings. The zero-order chi connectivity index (χ0) is 23.4. The number of halogens is 2. The number of hydrogen-bond donors (Lipinski definition) is 1. The van der Waals surface area contributed by atoms with Crippen molar-refractivity contribution in [1.29, 1.82) is 0 Å². The molecule has 0 spiro atoms. The summed E-state index contributed by atoms with van der Waals surface area (Å²) < 4.78 is 11.6. The fourth-order valence-electron chi connectivity index (χ4n) is 2.93. The highest BCUT2D eigenvalue weighted by molar-refractivity contribution is 9.10. The van der Waals surface area contributed by atoms with Crippen molar-refractivity contribution < 1.29 is 23.9 Å². The fraction of sp³-hybridized carbons (Fsp3) is 0.174. The third kappa shape index (κ3) is 4.79. The fourth-order valence-corrected chi connectivity index (χ4v) is 3.54. The topological polar surface area (TPSA) is 84.9 Å². The van der Waals surface area contributed by atoms with Gasteiger partial charge in [0.2, 0.25) is 0 Å². The van der Waals surface area contributed by atoms with Crippen LogP contribution in [0.15, 0.2) is 40.4 Å². The largest absolute Gasteiger partial charge is 0.490 e. The number of rotatable bonds is 6. The molecule has 164 valence electrons. The molecule has 0 aromatic heterocycles. The van der Waals surface area contributed by atoms with Crippen molar-refractivity contribution >= 4 is 57.1 Å². The minimum Gasteiger partial charge on any atom is -0.490 e. The number of barbiturate groups is 1. The van der Waals surface area contributed by atoms with E-state index in [-0.39, 0.29) is 17.9 Å². The van der Waals surface area contributed by atoms with Gasteiger partial charge in [-0.25, -0.2) is 9.69 Å². The first-order valence-corrected chi connectivity index (χ1v) is 10.6. The van der Waals surface area contributed by atoms with Crippen LogP contribution in [-0.2, 0) is 9.59 Å². The Labute approximate surface area is 198 Å². The Kier molecular flexibility index (Phi) is 7.23. The van der Waals surface area contributed by atoms with E-state index in [2.05, 4.69) is 27.2 Å². The number of ether oxygens (including phenoxy) is 2. The van der Waals surface area contributed by atoms with Crippen LogP contribution in [0.4, 0.5) is 10.5 Å². The van der Waals surface area contributed by atoms with Crippen LogP contribution >= 0.6 is 27.5 Å². The van der Waals surface area contributed by atoms with Gasteiger partial charge in [0.15, 0.2) is 11.5 Å². The molecule has 9 heteroatoms. The van der Waals surface area contributed by atoms with Gasteiger partial charge in [-0.3, -0.25) is 14.9 Å². The van der Waals surface area contributed by atoms with Crippen molar-refractivity contribution in [3.05, 3.63) is 56.5 Å². The SMILES string of the molecule is C#CCOc1cc(Br)c(/C=C2/C(=O)NC(=O)N(c3ccc(C)c(Cl)c3)C2=O)cc1OCC. The average Bonchev–Trinajstić information content (AvgIpc) is 2.74. The number of carbonyl (C=O) groups is 3. The molecule has 2 aromatic rings. The maximum absolute atomic E-state index is 13.1. The molecule has 0 unspecified atom stereocenters. The number of hydrogen-bond acceptors (Lipinski definition) is 5. The molecule has 1 aliphatic rings. The van der Waals surface area contributed by atoms with Crippen LogP contribution in [0.1, 0.15) is 18.1 Å². The number of benzene rings is 2. The monoisotopic (exact) mass is 516 g/mol. The zero-order valence-electron chi connectivity index (χ0n) is 17.2. The summed E-state index contributed by atoms with van der Waals surface area (Å²) in [5.41, 5.74) is 1.26. The van der Waals surface area contributed by atoms with Gasteiger partial charge < -0.3 is 9.47 Å². The Balaban J connectivity index is 2.04. The van der Waals surface area contributed by atoms with Crippen molar-refractivity contribution in [2.24, 2.45) is 0 Å². The summed E-state index contributed by atoms with van der Waals surface area (Å²) in [5, 5.41) is 2.57. The molecule has 32 heavy (non-hydrogen) atoms. The van der Waals surface area contributed by atoms with Crippen LogP contribution < -0.4 is 19.7 Å². The summed E-state index contributed by atoms with van der Waals surface area (Å²) in [5.74, 6) is 1.58. The molecule has 1 aliphatic heterocycles. The van der Waals surface area contributed by atoms with Gasteiger partial charge >= 0.3 is 6.03 Å². The van der Waals surface area contributed by atoms with E-state index in [1.165, 1.54) is 12.1 Å². The van der Waals surface area contributed by atoms with Gasteiger partial charge in [-0.1, -0.05) is 39.5 Å². The summed E-state index contributed by atoms with van der Waals surface area (Å²) >= 11 is 9.55. The molecule has 0 bridgehead atoms. The first-order valence-electron chi connectivity index (χ1n) is 9.47. The van der Waals surface area contributed by atoms with Crippen molar-refractivity contribution in [3.63, 3.8) is 0 Å². The molecule has 1 N–H and O–H groups in total. The van der Waals surface area contributed by atoms with Crippen LogP contribution in [0.2, 0.25) is 5.02 Å². The normalized spacial score (nSPS) is 14.9. The lowest BCUT2D eigenvalue weighted by atomic mass is 10.1. The van der Waals surface area contributed by atoms with Crippen LogP contribution in [0.5, 0.6) is 11.5 Å². The highest BCUT2D eigenvalue weighted by Crippen LogP contribution is 2.35. The molecule has 1 saturated heterocycles. The van der Waals surface area contributed by atoms with Gasteiger partial charge in [0.05, 0.1) is 12.3 Å². The number of carbonyl (C=O) groups excluding carboxylic acids is 3. The quantitative estimate of drug-likeness (QED) is 0.347. The van der Waals surface area contributed by atoms with Crippen LogP contribution in [0.25, 0.3) is 6.08 Å².